The van der Waals surface area contributed by atoms with Crippen LogP contribution in [0.25, 0.3) is 0 Å². The summed E-state index contributed by atoms with van der Waals surface area (Å²) in [5, 5.41) is -0.998. The summed E-state index contributed by atoms with van der Waals surface area (Å²) < 4.78 is 37.0. The molecule has 0 aliphatic heterocycles. The standard InChI is InChI=1S/C10H11F3N2OS/c11-10(12,13)8-15-5-6(17-8)7(16)9(14)3-1-2-4-9/h5H,1-4,14H2. The SMILES string of the molecule is NC1(C(=O)c2cnc(C(F)(F)F)s2)CCCC1. The van der Waals surface area contributed by atoms with Gasteiger partial charge in [-0.2, -0.15) is 13.2 Å². The molecule has 0 spiro atoms. The summed E-state index contributed by atoms with van der Waals surface area (Å²) in [6.45, 7) is 0. The van der Waals surface area contributed by atoms with Gasteiger partial charge in [-0.15, -0.1) is 11.3 Å². The van der Waals surface area contributed by atoms with Crippen LogP contribution in [0, 0.1) is 0 Å². The average molecular weight is 264 g/mol. The van der Waals surface area contributed by atoms with Gasteiger partial charge in [-0.3, -0.25) is 4.79 Å². The highest BCUT2D eigenvalue weighted by Gasteiger charge is 2.40. The zero-order valence-corrected chi connectivity index (χ0v) is 9.70. The van der Waals surface area contributed by atoms with E-state index in [0.717, 1.165) is 19.0 Å². The molecule has 0 amide bonds. The van der Waals surface area contributed by atoms with Crippen molar-refractivity contribution in [3.05, 3.63) is 16.1 Å². The third kappa shape index (κ3) is 2.35. The monoisotopic (exact) mass is 264 g/mol. The van der Waals surface area contributed by atoms with Crippen LogP contribution in [0.15, 0.2) is 6.20 Å². The highest BCUT2D eigenvalue weighted by molar-refractivity contribution is 7.13. The summed E-state index contributed by atoms with van der Waals surface area (Å²) in [6.07, 6.45) is -0.778. The number of hydrogen-bond acceptors (Lipinski definition) is 4. The molecule has 3 nitrogen and oxygen atoms in total. The third-order valence-corrected chi connectivity index (χ3v) is 3.96. The molecule has 0 aromatic carbocycles. The van der Waals surface area contributed by atoms with Crippen molar-refractivity contribution in [3.63, 3.8) is 0 Å². The van der Waals surface area contributed by atoms with Gasteiger partial charge in [-0.05, 0) is 12.8 Å². The quantitative estimate of drug-likeness (QED) is 0.835. The van der Waals surface area contributed by atoms with Crippen molar-refractivity contribution in [2.24, 2.45) is 5.73 Å². The number of hydrogen-bond donors (Lipinski definition) is 1. The van der Waals surface area contributed by atoms with Gasteiger partial charge in [-0.25, -0.2) is 4.98 Å². The van der Waals surface area contributed by atoms with Gasteiger partial charge in [-0.1, -0.05) is 12.8 Å². The average Bonchev–Trinajstić information content (AvgIpc) is 2.84. The Balaban J connectivity index is 2.23. The van der Waals surface area contributed by atoms with Crippen molar-refractivity contribution in [3.8, 4) is 0 Å². The van der Waals surface area contributed by atoms with Crippen molar-refractivity contribution in [2.75, 3.05) is 0 Å². The predicted molar refractivity (Wildman–Crippen MR) is 56.8 cm³/mol. The summed E-state index contributed by atoms with van der Waals surface area (Å²) in [6, 6.07) is 0. The summed E-state index contributed by atoms with van der Waals surface area (Å²) in [7, 11) is 0. The number of carbonyl (C=O) groups is 1. The molecular weight excluding hydrogens is 253 g/mol. The molecule has 1 heterocycles. The highest BCUT2D eigenvalue weighted by Crippen LogP contribution is 2.36. The Labute approximate surface area is 99.8 Å². The number of rotatable bonds is 2. The first kappa shape index (κ1) is 12.5. The van der Waals surface area contributed by atoms with E-state index in [4.69, 9.17) is 5.73 Å². The Kier molecular flexibility index (Phi) is 2.99. The molecule has 0 unspecified atom stereocenters. The lowest BCUT2D eigenvalue weighted by Crippen LogP contribution is -2.44. The molecule has 1 aliphatic carbocycles. The summed E-state index contributed by atoms with van der Waals surface area (Å²) in [5.74, 6) is -0.414. The van der Waals surface area contributed by atoms with E-state index in [0.29, 0.717) is 24.2 Å². The van der Waals surface area contributed by atoms with Crippen molar-refractivity contribution in [1.82, 2.24) is 4.98 Å². The van der Waals surface area contributed by atoms with Gasteiger partial charge in [0.25, 0.3) is 0 Å². The van der Waals surface area contributed by atoms with E-state index in [2.05, 4.69) is 4.98 Å². The molecule has 0 saturated heterocycles. The number of Topliss-reactive ketones (excluding diaryl/α,β-unsaturated/α-hetero) is 1. The molecule has 0 atom stereocenters. The Bertz CT molecular complexity index is 435. The van der Waals surface area contributed by atoms with E-state index in [1.54, 1.807) is 0 Å². The first-order valence-electron chi connectivity index (χ1n) is 5.20. The van der Waals surface area contributed by atoms with Crippen molar-refractivity contribution in [2.45, 2.75) is 37.4 Å². The second-order valence-electron chi connectivity index (χ2n) is 4.22. The molecule has 94 valence electrons. The number of nitrogens with two attached hydrogens (primary N) is 1. The van der Waals surface area contributed by atoms with E-state index in [1.807, 2.05) is 0 Å². The number of halogens is 3. The number of thiazole rings is 1. The lowest BCUT2D eigenvalue weighted by Gasteiger charge is -2.20. The van der Waals surface area contributed by atoms with E-state index >= 15 is 0 Å². The Hall–Kier alpha value is -0.950. The van der Waals surface area contributed by atoms with Crippen LogP contribution >= 0.6 is 11.3 Å². The predicted octanol–water partition coefficient (Wildman–Crippen LogP) is 2.62. The first-order valence-corrected chi connectivity index (χ1v) is 6.01. The molecule has 7 heteroatoms. The second-order valence-corrected chi connectivity index (χ2v) is 5.25. The molecule has 1 fully saturated rings. The van der Waals surface area contributed by atoms with Gasteiger partial charge in [0, 0.05) is 6.20 Å². The first-order chi connectivity index (χ1) is 7.83. The third-order valence-electron chi connectivity index (χ3n) is 2.92. The molecular formula is C10H11F3N2OS. The van der Waals surface area contributed by atoms with Crippen LogP contribution in [-0.4, -0.2) is 16.3 Å². The van der Waals surface area contributed by atoms with Crippen molar-refractivity contribution < 1.29 is 18.0 Å². The highest BCUT2D eigenvalue weighted by atomic mass is 32.1. The maximum atomic E-state index is 12.3. The Morgan fingerprint density at radius 1 is 1.41 bits per heavy atom. The minimum atomic E-state index is -4.50. The Morgan fingerprint density at radius 2 is 2.00 bits per heavy atom. The lowest BCUT2D eigenvalue weighted by atomic mass is 9.93. The van der Waals surface area contributed by atoms with Gasteiger partial charge in [0.15, 0.2) is 10.8 Å². The molecule has 1 aromatic rings. The van der Waals surface area contributed by atoms with Gasteiger partial charge in [0.1, 0.15) is 0 Å². The molecule has 1 aliphatic rings. The van der Waals surface area contributed by atoms with Crippen molar-refractivity contribution in [1.29, 1.82) is 0 Å². The minimum absolute atomic E-state index is 0.00160. The van der Waals surface area contributed by atoms with E-state index < -0.39 is 22.5 Å². The molecule has 0 radical (unpaired) electrons. The largest absolute Gasteiger partial charge is 0.443 e. The van der Waals surface area contributed by atoms with Crippen molar-refractivity contribution >= 4 is 17.1 Å². The number of alkyl halides is 3. The van der Waals surface area contributed by atoms with Crippen LogP contribution in [0.4, 0.5) is 13.2 Å². The van der Waals surface area contributed by atoms with Gasteiger partial charge >= 0.3 is 6.18 Å². The minimum Gasteiger partial charge on any atom is -0.319 e. The molecule has 17 heavy (non-hydrogen) atoms. The topological polar surface area (TPSA) is 56.0 Å². The zero-order valence-electron chi connectivity index (χ0n) is 8.88. The van der Waals surface area contributed by atoms with E-state index in [9.17, 15) is 18.0 Å². The van der Waals surface area contributed by atoms with Crippen LogP contribution in [0.3, 0.4) is 0 Å². The van der Waals surface area contributed by atoms with Gasteiger partial charge in [0.2, 0.25) is 0 Å². The van der Waals surface area contributed by atoms with Crippen LogP contribution in [0.1, 0.15) is 40.4 Å². The van der Waals surface area contributed by atoms with Gasteiger partial charge < -0.3 is 5.73 Å². The summed E-state index contributed by atoms with van der Waals surface area (Å²) in [5.41, 5.74) is 4.91. The number of nitrogens with zero attached hydrogens (tertiary/aromatic N) is 1. The zero-order chi connectivity index (χ0) is 12.7. The molecule has 2 rings (SSSR count). The normalized spacial score (nSPS) is 19.5. The van der Waals surface area contributed by atoms with Gasteiger partial charge in [0.05, 0.1) is 10.4 Å². The van der Waals surface area contributed by atoms with Crippen LogP contribution < -0.4 is 5.73 Å². The summed E-state index contributed by atoms with van der Waals surface area (Å²) >= 11 is 0.368. The maximum Gasteiger partial charge on any atom is 0.443 e. The number of ketones is 1. The number of carbonyl (C=O) groups excluding carboxylic acids is 1. The van der Waals surface area contributed by atoms with E-state index in [-0.39, 0.29) is 4.88 Å². The van der Waals surface area contributed by atoms with Crippen LogP contribution in [0.2, 0.25) is 0 Å². The van der Waals surface area contributed by atoms with Crippen LogP contribution in [0.5, 0.6) is 0 Å². The fourth-order valence-electron chi connectivity index (χ4n) is 1.99. The maximum absolute atomic E-state index is 12.3. The van der Waals surface area contributed by atoms with Crippen LogP contribution in [-0.2, 0) is 6.18 Å². The summed E-state index contributed by atoms with van der Waals surface area (Å²) in [4.78, 5) is 15.2. The lowest BCUT2D eigenvalue weighted by molar-refractivity contribution is -0.137. The smallest absolute Gasteiger partial charge is 0.319 e. The molecule has 1 saturated carbocycles. The molecule has 1 aromatic heterocycles. The number of aromatic nitrogens is 1. The molecule has 2 N–H and O–H groups in total. The Morgan fingerprint density at radius 3 is 2.47 bits per heavy atom. The fourth-order valence-corrected chi connectivity index (χ4v) is 2.82. The molecule has 0 bridgehead atoms. The second kappa shape index (κ2) is 4.06. The van der Waals surface area contributed by atoms with E-state index in [1.165, 1.54) is 0 Å². The fraction of sp³-hybridized carbons (Fsp3) is 0.600.